The van der Waals surface area contributed by atoms with Crippen LogP contribution < -0.4 is 0 Å². The minimum absolute atomic E-state index is 0.0799. The number of aliphatic hydroxyl groups excluding tert-OH is 1. The Morgan fingerprint density at radius 2 is 2.11 bits per heavy atom. The van der Waals surface area contributed by atoms with Crippen molar-refractivity contribution in [3.05, 3.63) is 11.6 Å². The topological polar surface area (TPSA) is 55.8 Å². The molecule has 0 aromatic carbocycles. The Hall–Kier alpha value is -0.580. The number of halogens is 1. The number of carbonyl (C=O) groups excluding carboxylic acids is 1. The van der Waals surface area contributed by atoms with Gasteiger partial charge in [-0.3, -0.25) is 0 Å². The first kappa shape index (κ1) is 16.5. The lowest BCUT2D eigenvalue weighted by Gasteiger charge is -2.32. The third-order valence-electron chi connectivity index (χ3n) is 3.27. The summed E-state index contributed by atoms with van der Waals surface area (Å²) in [5.74, 6) is -0.400. The van der Waals surface area contributed by atoms with Crippen LogP contribution in [0, 0.1) is 0 Å². The highest BCUT2D eigenvalue weighted by Gasteiger charge is 2.34. The second kappa shape index (κ2) is 7.88. The Bertz CT molecular complexity index is 325. The average molecular weight is 291 g/mol. The summed E-state index contributed by atoms with van der Waals surface area (Å²) >= 11 is 6.17. The molecular formula is C14H23ClO4. The van der Waals surface area contributed by atoms with Crippen LogP contribution in [0.1, 0.15) is 40.0 Å². The molecule has 0 fully saturated rings. The first-order valence-electron chi connectivity index (χ1n) is 6.88. The minimum atomic E-state index is -0.787. The van der Waals surface area contributed by atoms with E-state index >= 15 is 0 Å². The van der Waals surface area contributed by atoms with Gasteiger partial charge in [0.25, 0.3) is 0 Å². The molecule has 1 aliphatic rings. The molecule has 0 amide bonds. The van der Waals surface area contributed by atoms with Crippen molar-refractivity contribution in [1.29, 1.82) is 0 Å². The molecule has 0 aromatic rings. The van der Waals surface area contributed by atoms with Gasteiger partial charge in [0.1, 0.15) is 0 Å². The molecule has 0 radical (unpaired) electrons. The van der Waals surface area contributed by atoms with Gasteiger partial charge in [-0.25, -0.2) is 4.79 Å². The zero-order valence-electron chi connectivity index (χ0n) is 11.8. The van der Waals surface area contributed by atoms with E-state index in [-0.39, 0.29) is 12.5 Å². The van der Waals surface area contributed by atoms with Crippen LogP contribution in [0.2, 0.25) is 0 Å². The van der Waals surface area contributed by atoms with Crippen molar-refractivity contribution in [2.45, 2.75) is 63.7 Å². The van der Waals surface area contributed by atoms with Gasteiger partial charge in [-0.15, -0.1) is 11.6 Å². The maximum Gasteiger partial charge on any atom is 0.333 e. The van der Waals surface area contributed by atoms with E-state index in [9.17, 15) is 9.90 Å². The molecule has 5 heteroatoms. The highest BCUT2D eigenvalue weighted by atomic mass is 35.5. The smallest absolute Gasteiger partial charge is 0.333 e. The fraction of sp³-hybridized carbons (Fsp3) is 0.786. The van der Waals surface area contributed by atoms with Crippen molar-refractivity contribution in [3.8, 4) is 0 Å². The van der Waals surface area contributed by atoms with E-state index in [4.69, 9.17) is 21.1 Å². The number of esters is 1. The monoisotopic (exact) mass is 290 g/mol. The number of aliphatic hydroxyl groups is 1. The van der Waals surface area contributed by atoms with E-state index in [1.807, 2.05) is 13.8 Å². The molecule has 1 N–H and O–H groups in total. The number of carbonyl (C=O) groups is 1. The van der Waals surface area contributed by atoms with E-state index in [1.165, 1.54) is 0 Å². The van der Waals surface area contributed by atoms with E-state index in [1.54, 1.807) is 13.0 Å². The lowest BCUT2D eigenvalue weighted by atomic mass is 9.94. The zero-order valence-corrected chi connectivity index (χ0v) is 12.5. The molecule has 0 spiro atoms. The van der Waals surface area contributed by atoms with E-state index in [2.05, 4.69) is 0 Å². The summed E-state index contributed by atoms with van der Waals surface area (Å²) in [6, 6.07) is 0. The Morgan fingerprint density at radius 1 is 1.47 bits per heavy atom. The fourth-order valence-electron chi connectivity index (χ4n) is 2.11. The third-order valence-corrected chi connectivity index (χ3v) is 3.81. The van der Waals surface area contributed by atoms with Gasteiger partial charge in [0, 0.05) is 12.0 Å². The Labute approximate surface area is 119 Å². The molecule has 0 bridgehead atoms. The van der Waals surface area contributed by atoms with Crippen molar-refractivity contribution in [3.63, 3.8) is 0 Å². The molecule has 110 valence electrons. The summed E-state index contributed by atoms with van der Waals surface area (Å²) in [7, 11) is 0. The Morgan fingerprint density at radius 3 is 2.63 bits per heavy atom. The fourth-order valence-corrected chi connectivity index (χ4v) is 2.33. The quantitative estimate of drug-likeness (QED) is 0.603. The van der Waals surface area contributed by atoms with E-state index in [0.29, 0.717) is 12.2 Å². The largest absolute Gasteiger partial charge is 0.463 e. The second-order valence-corrected chi connectivity index (χ2v) is 5.17. The minimum Gasteiger partial charge on any atom is -0.463 e. The molecular weight excluding hydrogens is 268 g/mol. The van der Waals surface area contributed by atoms with Crippen molar-refractivity contribution in [2.24, 2.45) is 0 Å². The molecule has 4 nitrogen and oxygen atoms in total. The summed E-state index contributed by atoms with van der Waals surface area (Å²) in [5.41, 5.74) is 0.446. The normalized spacial score (nSPS) is 27.3. The highest BCUT2D eigenvalue weighted by Crippen LogP contribution is 2.28. The molecule has 19 heavy (non-hydrogen) atoms. The Balaban J connectivity index is 2.81. The summed E-state index contributed by atoms with van der Waals surface area (Å²) in [4.78, 5) is 11.7. The van der Waals surface area contributed by atoms with Gasteiger partial charge in [0.2, 0.25) is 0 Å². The van der Waals surface area contributed by atoms with Gasteiger partial charge in [0.05, 0.1) is 30.3 Å². The van der Waals surface area contributed by atoms with E-state index < -0.39 is 23.6 Å². The summed E-state index contributed by atoms with van der Waals surface area (Å²) in [5, 5.41) is 9.40. The van der Waals surface area contributed by atoms with Crippen LogP contribution in [0.4, 0.5) is 0 Å². The number of hydrogen-bond donors (Lipinski definition) is 1. The number of rotatable bonds is 6. The average Bonchev–Trinajstić information content (AvgIpc) is 2.40. The van der Waals surface area contributed by atoms with E-state index in [0.717, 1.165) is 12.8 Å². The van der Waals surface area contributed by atoms with Crippen molar-refractivity contribution in [1.82, 2.24) is 0 Å². The van der Waals surface area contributed by atoms with Crippen LogP contribution in [-0.4, -0.2) is 41.4 Å². The number of hydrogen-bond acceptors (Lipinski definition) is 4. The van der Waals surface area contributed by atoms with Gasteiger partial charge < -0.3 is 14.6 Å². The predicted molar refractivity (Wildman–Crippen MR) is 74.2 cm³/mol. The van der Waals surface area contributed by atoms with Crippen LogP contribution in [0.25, 0.3) is 0 Å². The van der Waals surface area contributed by atoms with Gasteiger partial charge in [-0.1, -0.05) is 13.8 Å². The Kier molecular flexibility index (Phi) is 6.83. The zero-order chi connectivity index (χ0) is 14.4. The number of alkyl halides is 1. The lowest BCUT2D eigenvalue weighted by molar-refractivity contribution is -0.139. The molecule has 3 atom stereocenters. The molecule has 0 saturated heterocycles. The van der Waals surface area contributed by atoms with Crippen LogP contribution in [0.5, 0.6) is 0 Å². The molecule has 1 aliphatic carbocycles. The van der Waals surface area contributed by atoms with Gasteiger partial charge in [-0.05, 0) is 25.8 Å². The van der Waals surface area contributed by atoms with Crippen LogP contribution in [0.15, 0.2) is 11.6 Å². The van der Waals surface area contributed by atoms with Gasteiger partial charge >= 0.3 is 5.97 Å². The van der Waals surface area contributed by atoms with Crippen LogP contribution >= 0.6 is 11.6 Å². The summed E-state index contributed by atoms with van der Waals surface area (Å²) in [6.45, 7) is 6.13. The highest BCUT2D eigenvalue weighted by molar-refractivity contribution is 6.21. The van der Waals surface area contributed by atoms with Gasteiger partial charge in [0.15, 0.2) is 0 Å². The second-order valence-electron chi connectivity index (χ2n) is 4.67. The third kappa shape index (κ3) is 4.48. The molecule has 1 rings (SSSR count). The van der Waals surface area contributed by atoms with Crippen LogP contribution in [-0.2, 0) is 14.3 Å². The number of ether oxygens (including phenoxy) is 2. The predicted octanol–water partition coefficient (Wildman–Crippen LogP) is 2.42. The van der Waals surface area contributed by atoms with Crippen LogP contribution in [0.3, 0.4) is 0 Å². The SMILES string of the molecule is CCOC(=O)C1=C[C@@H](OC(CC)CC)[C@H](Cl)[C@@H](O)C1. The first-order valence-corrected chi connectivity index (χ1v) is 7.32. The van der Waals surface area contributed by atoms with Crippen molar-refractivity contribution in [2.75, 3.05) is 6.61 Å². The van der Waals surface area contributed by atoms with Crippen molar-refractivity contribution < 1.29 is 19.4 Å². The molecule has 0 aromatic heterocycles. The van der Waals surface area contributed by atoms with Crippen molar-refractivity contribution >= 4 is 17.6 Å². The molecule has 0 unspecified atom stereocenters. The molecule has 0 heterocycles. The van der Waals surface area contributed by atoms with Gasteiger partial charge in [-0.2, -0.15) is 0 Å². The molecule has 0 saturated carbocycles. The molecule has 0 aliphatic heterocycles. The standard InChI is InChI=1S/C14H23ClO4/c1-4-10(5-2)19-12-8-9(14(17)18-6-3)7-11(16)13(12)15/h8,10-13,16H,4-7H2,1-3H3/t11-,12+,13+/m0/s1. The maximum atomic E-state index is 11.7. The lowest BCUT2D eigenvalue weighted by Crippen LogP contribution is -2.40. The summed E-state index contributed by atoms with van der Waals surface area (Å²) in [6.07, 6.45) is 2.50. The first-order chi connectivity index (χ1) is 9.03. The summed E-state index contributed by atoms with van der Waals surface area (Å²) < 4.78 is 10.8. The maximum absolute atomic E-state index is 11.7.